The molecule has 11 rings (SSSR count). The van der Waals surface area contributed by atoms with Crippen LogP contribution in [0.4, 0.5) is 17.1 Å². The largest absolute Gasteiger partial charge is 0.310 e. The van der Waals surface area contributed by atoms with Gasteiger partial charge in [0.05, 0.1) is 5.69 Å². The first-order valence-corrected chi connectivity index (χ1v) is 18.3. The highest BCUT2D eigenvalue weighted by atomic mass is 15.1. The van der Waals surface area contributed by atoms with Crippen LogP contribution in [0.3, 0.4) is 0 Å². The second kappa shape index (κ2) is 11.8. The zero-order chi connectivity index (χ0) is 34.9. The molecule has 0 unspecified atom stereocenters. The SMILES string of the molecule is c1ccc(N(c2ccc(-c3ccc4c(c3)-c3c5cccc3-c3cccc-4c3-c3ccccc3-5)cc2)c2ccccc2-c2ccc3ccccc3c2)cc1. The molecule has 2 aliphatic carbocycles. The Balaban J connectivity index is 1.04. The van der Waals surface area contributed by atoms with Crippen LogP contribution in [0.15, 0.2) is 200 Å². The van der Waals surface area contributed by atoms with Crippen molar-refractivity contribution in [2.24, 2.45) is 0 Å². The standard InChI is InChI=1S/C52H33N/c1-2-14-39(15-3-1)53(50-23-9-8-16-41(50)38-25-24-34-12-4-5-13-36(34)32-38)40-29-26-35(27-30-40)37-28-31-43-46-20-11-21-47-48-22-10-19-45(52(48)49(43)33-37)42-17-6-7-18-44(42)51(46)47/h1-33H. The molecule has 0 heterocycles. The summed E-state index contributed by atoms with van der Waals surface area (Å²) in [7, 11) is 0. The molecule has 1 nitrogen and oxygen atoms in total. The molecule has 0 aliphatic heterocycles. The van der Waals surface area contributed by atoms with Crippen LogP contribution in [0.1, 0.15) is 0 Å². The molecule has 6 bridgehead atoms. The van der Waals surface area contributed by atoms with E-state index in [0.29, 0.717) is 0 Å². The maximum absolute atomic E-state index is 2.42. The molecule has 2 aliphatic rings. The van der Waals surface area contributed by atoms with Crippen LogP contribution in [-0.4, -0.2) is 0 Å². The minimum atomic E-state index is 1.11. The number of fused-ring (bicyclic) bond motifs is 5. The van der Waals surface area contributed by atoms with Gasteiger partial charge in [-0.1, -0.05) is 158 Å². The summed E-state index contributed by atoms with van der Waals surface area (Å²) in [5.41, 5.74) is 21.3. The Morgan fingerprint density at radius 3 is 1.51 bits per heavy atom. The lowest BCUT2D eigenvalue weighted by molar-refractivity contribution is 1.28. The van der Waals surface area contributed by atoms with Gasteiger partial charge in [-0.05, 0) is 126 Å². The summed E-state index contributed by atoms with van der Waals surface area (Å²) in [6.07, 6.45) is 0. The highest BCUT2D eigenvalue weighted by Crippen LogP contribution is 2.57. The van der Waals surface area contributed by atoms with E-state index < -0.39 is 0 Å². The lowest BCUT2D eigenvalue weighted by Crippen LogP contribution is -2.11. The van der Waals surface area contributed by atoms with Crippen LogP contribution in [0.5, 0.6) is 0 Å². The minimum absolute atomic E-state index is 1.11. The second-order valence-corrected chi connectivity index (χ2v) is 14.1. The van der Waals surface area contributed by atoms with E-state index in [1.807, 2.05) is 0 Å². The monoisotopic (exact) mass is 671 g/mol. The molecule has 9 aromatic rings. The molecule has 0 radical (unpaired) electrons. The molecule has 0 spiro atoms. The van der Waals surface area contributed by atoms with E-state index in [-0.39, 0.29) is 0 Å². The van der Waals surface area contributed by atoms with Crippen molar-refractivity contribution in [1.82, 2.24) is 0 Å². The zero-order valence-corrected chi connectivity index (χ0v) is 29.0. The topological polar surface area (TPSA) is 3.24 Å². The van der Waals surface area contributed by atoms with Crippen LogP contribution in [0, 0.1) is 0 Å². The minimum Gasteiger partial charge on any atom is -0.310 e. The van der Waals surface area contributed by atoms with Gasteiger partial charge in [-0.2, -0.15) is 0 Å². The summed E-state index contributed by atoms with van der Waals surface area (Å²) in [5.74, 6) is 0. The molecule has 0 fully saturated rings. The molecule has 1 heteroatoms. The third kappa shape index (κ3) is 4.64. The first kappa shape index (κ1) is 29.7. The fourth-order valence-corrected chi connectivity index (χ4v) is 8.76. The van der Waals surface area contributed by atoms with Gasteiger partial charge in [0, 0.05) is 16.9 Å². The zero-order valence-electron chi connectivity index (χ0n) is 29.0. The highest BCUT2D eigenvalue weighted by Gasteiger charge is 2.30. The van der Waals surface area contributed by atoms with Crippen molar-refractivity contribution >= 4 is 27.8 Å². The molecule has 0 N–H and O–H groups in total. The van der Waals surface area contributed by atoms with Crippen LogP contribution < -0.4 is 4.90 Å². The number of hydrogen-bond donors (Lipinski definition) is 0. The van der Waals surface area contributed by atoms with Crippen molar-refractivity contribution in [3.8, 4) is 77.9 Å². The van der Waals surface area contributed by atoms with E-state index in [4.69, 9.17) is 0 Å². The third-order valence-corrected chi connectivity index (χ3v) is 11.2. The Bertz CT molecular complexity index is 2860. The average molecular weight is 672 g/mol. The first-order valence-electron chi connectivity index (χ1n) is 18.3. The molecule has 9 aromatic carbocycles. The molecule has 0 saturated carbocycles. The summed E-state index contributed by atoms with van der Waals surface area (Å²) >= 11 is 0. The summed E-state index contributed by atoms with van der Waals surface area (Å²) in [6, 6.07) is 73.5. The molecular weight excluding hydrogens is 639 g/mol. The predicted molar refractivity (Wildman–Crippen MR) is 224 cm³/mol. The van der Waals surface area contributed by atoms with E-state index in [1.165, 1.54) is 88.7 Å². The van der Waals surface area contributed by atoms with Crippen LogP contribution in [-0.2, 0) is 0 Å². The molecule has 0 amide bonds. The Morgan fingerprint density at radius 1 is 0.245 bits per heavy atom. The normalized spacial score (nSPS) is 11.8. The van der Waals surface area contributed by atoms with E-state index >= 15 is 0 Å². The van der Waals surface area contributed by atoms with Crippen molar-refractivity contribution in [1.29, 1.82) is 0 Å². The van der Waals surface area contributed by atoms with E-state index in [1.54, 1.807) is 0 Å². The van der Waals surface area contributed by atoms with E-state index in [9.17, 15) is 0 Å². The fraction of sp³-hybridized carbons (Fsp3) is 0. The van der Waals surface area contributed by atoms with Crippen LogP contribution in [0.25, 0.3) is 88.7 Å². The highest BCUT2D eigenvalue weighted by molar-refractivity contribution is 6.15. The van der Waals surface area contributed by atoms with Gasteiger partial charge in [-0.15, -0.1) is 0 Å². The second-order valence-electron chi connectivity index (χ2n) is 14.1. The average Bonchev–Trinajstić information content (AvgIpc) is 3.34. The molecule has 0 saturated heterocycles. The van der Waals surface area contributed by atoms with Crippen molar-refractivity contribution in [2.75, 3.05) is 4.90 Å². The first-order chi connectivity index (χ1) is 26.3. The number of benzene rings is 9. The summed E-state index contributed by atoms with van der Waals surface area (Å²) in [6.45, 7) is 0. The van der Waals surface area contributed by atoms with Gasteiger partial charge in [0.15, 0.2) is 0 Å². The number of hydrogen-bond acceptors (Lipinski definition) is 1. The smallest absolute Gasteiger partial charge is 0.0540 e. The van der Waals surface area contributed by atoms with Crippen molar-refractivity contribution in [3.05, 3.63) is 200 Å². The quantitative estimate of drug-likeness (QED) is 0.176. The fourth-order valence-electron chi connectivity index (χ4n) is 8.76. The molecule has 0 aromatic heterocycles. The maximum Gasteiger partial charge on any atom is 0.0540 e. The lowest BCUT2D eigenvalue weighted by Gasteiger charge is -2.28. The Labute approximate surface area is 309 Å². The Kier molecular flexibility index (Phi) is 6.62. The van der Waals surface area contributed by atoms with Crippen molar-refractivity contribution in [3.63, 3.8) is 0 Å². The Morgan fingerprint density at radius 2 is 0.755 bits per heavy atom. The van der Waals surface area contributed by atoms with Gasteiger partial charge in [0.2, 0.25) is 0 Å². The number of rotatable bonds is 5. The predicted octanol–water partition coefficient (Wildman–Crippen LogP) is 14.6. The third-order valence-electron chi connectivity index (χ3n) is 11.2. The van der Waals surface area contributed by atoms with Gasteiger partial charge in [-0.3, -0.25) is 0 Å². The number of para-hydroxylation sites is 2. The van der Waals surface area contributed by atoms with Crippen molar-refractivity contribution in [2.45, 2.75) is 0 Å². The Hall–Kier alpha value is -6.96. The van der Waals surface area contributed by atoms with Gasteiger partial charge >= 0.3 is 0 Å². The van der Waals surface area contributed by atoms with Crippen LogP contribution >= 0.6 is 0 Å². The van der Waals surface area contributed by atoms with Gasteiger partial charge in [0.25, 0.3) is 0 Å². The van der Waals surface area contributed by atoms with Gasteiger partial charge in [0.1, 0.15) is 0 Å². The number of anilines is 3. The van der Waals surface area contributed by atoms with Gasteiger partial charge in [-0.25, -0.2) is 0 Å². The lowest BCUT2D eigenvalue weighted by atomic mass is 9.83. The summed E-state index contributed by atoms with van der Waals surface area (Å²) < 4.78 is 0. The maximum atomic E-state index is 2.42. The molecular formula is C52H33N. The van der Waals surface area contributed by atoms with E-state index in [0.717, 1.165) is 17.1 Å². The van der Waals surface area contributed by atoms with Crippen molar-refractivity contribution < 1.29 is 0 Å². The summed E-state index contributed by atoms with van der Waals surface area (Å²) in [5, 5.41) is 2.49. The van der Waals surface area contributed by atoms with E-state index in [2.05, 4.69) is 205 Å². The van der Waals surface area contributed by atoms with Gasteiger partial charge < -0.3 is 4.90 Å². The molecule has 53 heavy (non-hydrogen) atoms. The molecule has 0 atom stereocenters. The number of nitrogens with zero attached hydrogens (tertiary/aromatic N) is 1. The summed E-state index contributed by atoms with van der Waals surface area (Å²) in [4.78, 5) is 2.38. The van der Waals surface area contributed by atoms with Crippen LogP contribution in [0.2, 0.25) is 0 Å². The molecule has 246 valence electrons.